The molecule has 2 N–H and O–H groups in total. The van der Waals surface area contributed by atoms with Gasteiger partial charge in [0.15, 0.2) is 0 Å². The van der Waals surface area contributed by atoms with Crippen LogP contribution < -0.4 is 0 Å². The van der Waals surface area contributed by atoms with Crippen LogP contribution in [0.3, 0.4) is 0 Å². The minimum absolute atomic E-state index is 0.0612. The number of aliphatic hydroxyl groups excluding tert-OH is 2. The van der Waals surface area contributed by atoms with E-state index in [0.29, 0.717) is 12.8 Å². The Morgan fingerprint density at radius 1 is 1.21 bits per heavy atom. The van der Waals surface area contributed by atoms with Gasteiger partial charge in [0.25, 0.3) is 0 Å². The Hall–Kier alpha value is -1.31. The molecule has 39 heavy (non-hydrogen) atoms. The normalized spacial score (nSPS) is 34.5. The van der Waals surface area contributed by atoms with Crippen molar-refractivity contribution in [1.29, 1.82) is 0 Å². The molecule has 0 saturated carbocycles. The van der Waals surface area contributed by atoms with Crippen LogP contribution in [0, 0.1) is 17.3 Å². The molecule has 214 valence electrons. The predicted octanol–water partition coefficient (Wildman–Crippen LogP) is 5.04. The predicted molar refractivity (Wildman–Crippen MR) is 153 cm³/mol. The number of aliphatic hydroxyl groups is 2. The number of ketones is 1. The molecular weight excluding hydrogens is 577 g/mol. The Bertz CT molecular complexity index is 1180. The fourth-order valence-electron chi connectivity index (χ4n) is 5.89. The van der Waals surface area contributed by atoms with E-state index >= 15 is 0 Å². The Labute approximate surface area is 244 Å². The zero-order chi connectivity index (χ0) is 28.5. The van der Waals surface area contributed by atoms with Crippen molar-refractivity contribution < 1.29 is 29.3 Å². The van der Waals surface area contributed by atoms with E-state index in [-0.39, 0.29) is 29.8 Å². The molecule has 2 aromatic rings. The molecule has 2 fully saturated rings. The van der Waals surface area contributed by atoms with Gasteiger partial charge in [0, 0.05) is 5.92 Å². The quantitative estimate of drug-likeness (QED) is 0.281. The Morgan fingerprint density at radius 3 is 2.64 bits per heavy atom. The van der Waals surface area contributed by atoms with Crippen molar-refractivity contribution in [2.45, 2.75) is 115 Å². The summed E-state index contributed by atoms with van der Waals surface area (Å²) in [5.74, 6) is -1.43. The van der Waals surface area contributed by atoms with Crippen molar-refractivity contribution in [3.8, 4) is 0 Å². The van der Waals surface area contributed by atoms with Crippen LogP contribution in [-0.2, 0) is 24.3 Å². The molecule has 0 aliphatic carbocycles. The number of hydrogen-bond acceptors (Lipinski definition) is 8. The van der Waals surface area contributed by atoms with Crippen molar-refractivity contribution in [2.75, 3.05) is 0 Å². The number of aromatic nitrogens is 1. The number of esters is 1. The molecule has 7 unspecified atom stereocenters. The van der Waals surface area contributed by atoms with E-state index in [1.165, 1.54) is 0 Å². The first-order chi connectivity index (χ1) is 18.4. The summed E-state index contributed by atoms with van der Waals surface area (Å²) in [5, 5.41) is 24.1. The molecule has 0 spiro atoms. The first-order valence-corrected chi connectivity index (χ1v) is 16.3. The first kappa shape index (κ1) is 30.6. The van der Waals surface area contributed by atoms with Gasteiger partial charge in [-0.25, -0.2) is 0 Å². The van der Waals surface area contributed by atoms with Gasteiger partial charge in [-0.1, -0.05) is 34.1 Å². The number of epoxide rings is 1. The molecule has 2 radical (unpaired) electrons. The third-order valence-electron chi connectivity index (χ3n) is 8.79. The standard InChI is InChI=1S/C30H42AsNO6S/c1-6-8-19-27(35)17(2)9-7-12-30(5)24(38-30)14-21(37-26(34)15-23(33)29(3,4)28(19)36)18-10-11-22-20(13-18)32-25(16-31)39-22/h10-11,13,17,19,21,23-24,27,33,35H,6-9,12,14-16H2,1-5H3. The number of hydrogen-bond donors (Lipinski definition) is 2. The summed E-state index contributed by atoms with van der Waals surface area (Å²) in [5.41, 5.74) is 0.202. The Balaban J connectivity index is 1.63. The third-order valence-corrected chi connectivity index (χ3v) is 10.9. The van der Waals surface area contributed by atoms with E-state index in [2.05, 4.69) is 23.8 Å². The van der Waals surface area contributed by atoms with Crippen LogP contribution in [0.25, 0.3) is 10.2 Å². The molecular formula is C30H42AsNO6S. The van der Waals surface area contributed by atoms with Gasteiger partial charge in [-0.2, -0.15) is 0 Å². The number of ether oxygens (including phenoxy) is 2. The number of Topliss-reactive ketones (excluding diaryl/α,β-unsaturated/α-hetero) is 1. The summed E-state index contributed by atoms with van der Waals surface area (Å²) in [6.07, 6.45) is 1.29. The summed E-state index contributed by atoms with van der Waals surface area (Å²) in [4.78, 5) is 31.6. The van der Waals surface area contributed by atoms with Crippen LogP contribution in [0.4, 0.5) is 0 Å². The number of thiazole rings is 1. The number of benzene rings is 1. The Morgan fingerprint density at radius 2 is 1.95 bits per heavy atom. The van der Waals surface area contributed by atoms with Crippen LogP contribution in [0.1, 0.15) is 96.2 Å². The van der Waals surface area contributed by atoms with Crippen LogP contribution in [-0.4, -0.2) is 67.7 Å². The van der Waals surface area contributed by atoms with Crippen molar-refractivity contribution in [1.82, 2.24) is 4.98 Å². The van der Waals surface area contributed by atoms with Gasteiger partial charge >= 0.3 is 165 Å². The van der Waals surface area contributed by atoms with E-state index in [0.717, 1.165) is 51.7 Å². The van der Waals surface area contributed by atoms with Crippen molar-refractivity contribution in [2.24, 2.45) is 17.3 Å². The van der Waals surface area contributed by atoms with Gasteiger partial charge in [-0.3, -0.25) is 4.79 Å². The number of nitrogens with zero attached hydrogens (tertiary/aromatic N) is 1. The van der Waals surface area contributed by atoms with E-state index in [1.54, 1.807) is 25.2 Å². The monoisotopic (exact) mass is 619 g/mol. The van der Waals surface area contributed by atoms with Crippen LogP contribution >= 0.6 is 11.3 Å². The maximum absolute atomic E-state index is 13.7. The molecule has 7 atom stereocenters. The number of rotatable bonds is 4. The fourth-order valence-corrected chi connectivity index (χ4v) is 7.25. The molecule has 3 heterocycles. The second-order valence-electron chi connectivity index (χ2n) is 12.2. The molecule has 2 aliphatic rings. The molecule has 1 aromatic heterocycles. The molecule has 2 saturated heterocycles. The summed E-state index contributed by atoms with van der Waals surface area (Å²) >= 11 is 4.19. The van der Waals surface area contributed by atoms with Crippen molar-refractivity contribution in [3.63, 3.8) is 0 Å². The SMILES string of the molecule is CCCC1C(=O)C(C)(C)C(O)CC(=O)OC(c2ccc3sc(C[As])nc3c2)CC2OC2(C)CCCC(C)C1O. The average molecular weight is 620 g/mol. The summed E-state index contributed by atoms with van der Waals surface area (Å²) in [7, 11) is 0. The van der Waals surface area contributed by atoms with Gasteiger partial charge in [0.2, 0.25) is 0 Å². The van der Waals surface area contributed by atoms with Gasteiger partial charge in [0.1, 0.15) is 5.78 Å². The van der Waals surface area contributed by atoms with Crippen LogP contribution in [0.5, 0.6) is 0 Å². The van der Waals surface area contributed by atoms with Gasteiger partial charge < -0.3 is 5.11 Å². The zero-order valence-electron chi connectivity index (χ0n) is 23.7. The van der Waals surface area contributed by atoms with E-state index in [4.69, 9.17) is 14.5 Å². The van der Waals surface area contributed by atoms with Crippen LogP contribution in [0.2, 0.25) is 0 Å². The van der Waals surface area contributed by atoms with E-state index in [1.807, 2.05) is 32.0 Å². The van der Waals surface area contributed by atoms with Crippen LogP contribution in [0.15, 0.2) is 18.2 Å². The van der Waals surface area contributed by atoms with E-state index in [9.17, 15) is 19.8 Å². The Kier molecular flexibility index (Phi) is 9.65. The second-order valence-corrected chi connectivity index (χ2v) is 14.0. The van der Waals surface area contributed by atoms with Gasteiger partial charge in [-0.15, -0.1) is 0 Å². The zero-order valence-corrected chi connectivity index (χ0v) is 26.4. The molecule has 0 bridgehead atoms. The first-order valence-electron chi connectivity index (χ1n) is 14.2. The van der Waals surface area contributed by atoms with E-state index < -0.39 is 35.6 Å². The molecule has 0 amide bonds. The number of carbonyl (C=O) groups is 2. The summed E-state index contributed by atoms with van der Waals surface area (Å²) in [6.45, 7) is 9.40. The van der Waals surface area contributed by atoms with Gasteiger partial charge in [-0.05, 0) is 18.8 Å². The number of carbonyl (C=O) groups excluding carboxylic acids is 2. The van der Waals surface area contributed by atoms with Crippen molar-refractivity contribution in [3.05, 3.63) is 28.8 Å². The fraction of sp³-hybridized carbons (Fsp3) is 0.700. The summed E-state index contributed by atoms with van der Waals surface area (Å²) in [6, 6.07) is 5.98. The molecule has 7 nitrogen and oxygen atoms in total. The average Bonchev–Trinajstić information content (AvgIpc) is 3.33. The van der Waals surface area contributed by atoms with Crippen molar-refractivity contribution >= 4 is 50.2 Å². The smallest absolute Gasteiger partial charge is 0.392 e. The van der Waals surface area contributed by atoms with Gasteiger partial charge in [0.05, 0.1) is 6.10 Å². The third kappa shape index (κ3) is 6.78. The maximum atomic E-state index is 13.7. The topological polar surface area (TPSA) is 109 Å². The minimum Gasteiger partial charge on any atom is -0.392 e. The second kappa shape index (κ2) is 12.3. The molecule has 1 aromatic carbocycles. The minimum atomic E-state index is -1.23. The molecule has 9 heteroatoms. The molecule has 2 aliphatic heterocycles. The number of fused-ring (bicyclic) bond motifs is 2. The molecule has 4 rings (SSSR count). The number of cyclic esters (lactones) is 1. The summed E-state index contributed by atoms with van der Waals surface area (Å²) < 4.78 is 13.2.